The summed E-state index contributed by atoms with van der Waals surface area (Å²) in [4.78, 5) is 30.1. The number of rotatable bonds is 6. The first kappa shape index (κ1) is 22.0. The second kappa shape index (κ2) is 8.71. The van der Waals surface area contributed by atoms with Crippen LogP contribution >= 0.6 is 0 Å². The summed E-state index contributed by atoms with van der Waals surface area (Å²) in [6.45, 7) is 4.87. The van der Waals surface area contributed by atoms with E-state index >= 15 is 0 Å². The smallest absolute Gasteiger partial charge is 0.270 e. The van der Waals surface area contributed by atoms with E-state index in [0.717, 1.165) is 12.8 Å². The molecule has 1 saturated heterocycles. The van der Waals surface area contributed by atoms with Crippen molar-refractivity contribution in [2.24, 2.45) is 0 Å². The molecule has 0 spiro atoms. The zero-order valence-corrected chi connectivity index (χ0v) is 18.8. The number of aromatic nitrogens is 2. The quantitative estimate of drug-likeness (QED) is 0.551. The summed E-state index contributed by atoms with van der Waals surface area (Å²) in [7, 11) is -3.64. The molecular weight excluding hydrogens is 430 g/mol. The van der Waals surface area contributed by atoms with Gasteiger partial charge in [-0.25, -0.2) is 13.4 Å². The van der Waals surface area contributed by atoms with Crippen LogP contribution in [-0.2, 0) is 16.6 Å². The van der Waals surface area contributed by atoms with Crippen molar-refractivity contribution in [2.75, 3.05) is 18.5 Å². The van der Waals surface area contributed by atoms with E-state index in [0.29, 0.717) is 36.1 Å². The lowest BCUT2D eigenvalue weighted by molar-refractivity contribution is 0.0961. The van der Waals surface area contributed by atoms with E-state index in [1.54, 1.807) is 37.3 Å². The van der Waals surface area contributed by atoms with Gasteiger partial charge >= 0.3 is 0 Å². The molecule has 2 aromatic carbocycles. The van der Waals surface area contributed by atoms with Gasteiger partial charge in [0.1, 0.15) is 0 Å². The van der Waals surface area contributed by atoms with Crippen molar-refractivity contribution in [1.29, 1.82) is 0 Å². The Bertz CT molecular complexity index is 1340. The molecule has 1 aliphatic heterocycles. The number of nitrogens with one attached hydrogen (secondary N) is 2. The minimum atomic E-state index is -3.64. The van der Waals surface area contributed by atoms with Crippen molar-refractivity contribution in [3.05, 3.63) is 63.9 Å². The van der Waals surface area contributed by atoms with E-state index in [-0.39, 0.29) is 22.0 Å². The van der Waals surface area contributed by atoms with Gasteiger partial charge in [-0.3, -0.25) is 25.0 Å². The Morgan fingerprint density at radius 1 is 1.12 bits per heavy atom. The Morgan fingerprint density at radius 3 is 2.56 bits per heavy atom. The van der Waals surface area contributed by atoms with E-state index in [1.807, 2.05) is 6.92 Å². The molecule has 10 heteroatoms. The van der Waals surface area contributed by atoms with Gasteiger partial charge in [-0.2, -0.15) is 4.31 Å². The highest BCUT2D eigenvalue weighted by Gasteiger charge is 2.28. The monoisotopic (exact) mass is 455 g/mol. The van der Waals surface area contributed by atoms with E-state index in [4.69, 9.17) is 0 Å². The van der Waals surface area contributed by atoms with Gasteiger partial charge in [-0.1, -0.05) is 18.2 Å². The first-order chi connectivity index (χ1) is 15.3. The van der Waals surface area contributed by atoms with Gasteiger partial charge in [0.05, 0.1) is 15.8 Å². The van der Waals surface area contributed by atoms with Crippen LogP contribution in [0, 0.1) is 6.92 Å². The van der Waals surface area contributed by atoms with Crippen LogP contribution < -0.4 is 16.4 Å². The molecule has 0 aliphatic carbocycles. The van der Waals surface area contributed by atoms with Crippen LogP contribution in [0.2, 0.25) is 0 Å². The van der Waals surface area contributed by atoms with Crippen LogP contribution in [-0.4, -0.2) is 41.3 Å². The average molecular weight is 456 g/mol. The summed E-state index contributed by atoms with van der Waals surface area (Å²) in [5.41, 5.74) is 6.42. The molecule has 168 valence electrons. The van der Waals surface area contributed by atoms with Crippen molar-refractivity contribution in [3.8, 4) is 0 Å². The standard InChI is InChI=1S/C22H25N5O4S/c1-3-27-21(29)17-8-4-5-9-19(17)23-22(27)25-24-20(28)18-14-16(11-10-15(18)2)32(30,31)26-12-6-7-13-26/h4-5,8-11,14H,3,6-7,12-13H2,1-2H3,(H,23,25)(H,24,28). The number of fused-ring (bicyclic) bond motifs is 1. The number of carbonyl (C=O) groups is 1. The Hall–Kier alpha value is -3.24. The van der Waals surface area contributed by atoms with Gasteiger partial charge in [-0.15, -0.1) is 0 Å². The number of carbonyl (C=O) groups excluding carboxylic acids is 1. The highest BCUT2D eigenvalue weighted by molar-refractivity contribution is 7.89. The number of anilines is 1. The third-order valence-electron chi connectivity index (χ3n) is 5.62. The Balaban J connectivity index is 1.61. The lowest BCUT2D eigenvalue weighted by Crippen LogP contribution is -2.35. The molecule has 0 bridgehead atoms. The van der Waals surface area contributed by atoms with Gasteiger partial charge in [0.15, 0.2) is 0 Å². The summed E-state index contributed by atoms with van der Waals surface area (Å²) in [6, 6.07) is 11.5. The highest BCUT2D eigenvalue weighted by Crippen LogP contribution is 2.23. The third kappa shape index (κ3) is 3.98. The number of benzene rings is 2. The van der Waals surface area contributed by atoms with Crippen LogP contribution in [0.5, 0.6) is 0 Å². The largest absolute Gasteiger partial charge is 0.277 e. The van der Waals surface area contributed by atoms with Gasteiger partial charge < -0.3 is 0 Å². The second-order valence-corrected chi connectivity index (χ2v) is 9.61. The van der Waals surface area contributed by atoms with E-state index in [9.17, 15) is 18.0 Å². The van der Waals surface area contributed by atoms with Crippen LogP contribution in [0.1, 0.15) is 35.7 Å². The molecule has 0 saturated carbocycles. The normalized spacial score (nSPS) is 14.6. The molecule has 0 atom stereocenters. The number of hydrogen-bond acceptors (Lipinski definition) is 6. The van der Waals surface area contributed by atoms with Gasteiger partial charge in [0, 0.05) is 25.2 Å². The number of amides is 1. The zero-order chi connectivity index (χ0) is 22.9. The summed E-state index contributed by atoms with van der Waals surface area (Å²) >= 11 is 0. The first-order valence-electron chi connectivity index (χ1n) is 10.5. The minimum Gasteiger partial charge on any atom is -0.277 e. The minimum absolute atomic E-state index is 0.0875. The molecule has 2 N–H and O–H groups in total. The molecular formula is C22H25N5O4S. The van der Waals surface area contributed by atoms with E-state index in [1.165, 1.54) is 21.0 Å². The van der Waals surface area contributed by atoms with Crippen molar-refractivity contribution in [2.45, 2.75) is 38.1 Å². The summed E-state index contributed by atoms with van der Waals surface area (Å²) < 4.78 is 28.6. The second-order valence-electron chi connectivity index (χ2n) is 7.67. The molecule has 1 amide bonds. The molecule has 32 heavy (non-hydrogen) atoms. The lowest BCUT2D eigenvalue weighted by atomic mass is 10.1. The Kier molecular flexibility index (Phi) is 5.98. The van der Waals surface area contributed by atoms with Crippen molar-refractivity contribution < 1.29 is 13.2 Å². The highest BCUT2D eigenvalue weighted by atomic mass is 32.2. The number of nitrogens with zero attached hydrogens (tertiary/aromatic N) is 3. The number of hydrogen-bond donors (Lipinski definition) is 2. The number of para-hydroxylation sites is 1. The maximum absolute atomic E-state index is 12.9. The van der Waals surface area contributed by atoms with Crippen molar-refractivity contribution in [3.63, 3.8) is 0 Å². The van der Waals surface area contributed by atoms with Gasteiger partial charge in [0.25, 0.3) is 11.5 Å². The van der Waals surface area contributed by atoms with E-state index in [2.05, 4.69) is 15.8 Å². The molecule has 1 aliphatic rings. The van der Waals surface area contributed by atoms with Crippen LogP contribution in [0.25, 0.3) is 10.9 Å². The van der Waals surface area contributed by atoms with Crippen LogP contribution in [0.4, 0.5) is 5.95 Å². The lowest BCUT2D eigenvalue weighted by Gasteiger charge is -2.17. The molecule has 9 nitrogen and oxygen atoms in total. The Labute approximate surface area is 186 Å². The number of hydrazine groups is 1. The zero-order valence-electron chi connectivity index (χ0n) is 18.0. The van der Waals surface area contributed by atoms with Crippen LogP contribution in [0.15, 0.2) is 52.2 Å². The van der Waals surface area contributed by atoms with E-state index < -0.39 is 15.9 Å². The van der Waals surface area contributed by atoms with Gasteiger partial charge in [-0.05, 0) is 56.5 Å². The van der Waals surface area contributed by atoms with Crippen LogP contribution in [0.3, 0.4) is 0 Å². The Morgan fingerprint density at radius 2 is 1.84 bits per heavy atom. The predicted octanol–water partition coefficient (Wildman–Crippen LogP) is 2.27. The average Bonchev–Trinajstić information content (AvgIpc) is 3.34. The third-order valence-corrected chi connectivity index (χ3v) is 7.52. The van der Waals surface area contributed by atoms with Crippen molar-refractivity contribution in [1.82, 2.24) is 19.3 Å². The number of sulfonamides is 1. The number of aryl methyl sites for hydroxylation is 1. The maximum atomic E-state index is 12.9. The summed E-state index contributed by atoms with van der Waals surface area (Å²) in [5, 5.41) is 0.488. The summed E-state index contributed by atoms with van der Waals surface area (Å²) in [6.07, 6.45) is 1.67. The van der Waals surface area contributed by atoms with Gasteiger partial charge in [0.2, 0.25) is 16.0 Å². The maximum Gasteiger partial charge on any atom is 0.270 e. The predicted molar refractivity (Wildman–Crippen MR) is 122 cm³/mol. The molecule has 3 aromatic rings. The fraction of sp³-hybridized carbons (Fsp3) is 0.318. The SMILES string of the molecule is CCn1c(NNC(=O)c2cc(S(=O)(=O)N3CCCC3)ccc2C)nc2ccccc2c1=O. The van der Waals surface area contributed by atoms with Crippen molar-refractivity contribution >= 4 is 32.8 Å². The fourth-order valence-electron chi connectivity index (χ4n) is 3.82. The summed E-state index contributed by atoms with van der Waals surface area (Å²) in [5.74, 6) is -0.325. The topological polar surface area (TPSA) is 113 Å². The molecule has 4 rings (SSSR count). The molecule has 1 aromatic heterocycles. The molecule has 0 unspecified atom stereocenters. The first-order valence-corrected chi connectivity index (χ1v) is 11.9. The molecule has 0 radical (unpaired) electrons. The molecule has 1 fully saturated rings. The fourth-order valence-corrected chi connectivity index (χ4v) is 5.36. The molecule has 2 heterocycles.